The predicted molar refractivity (Wildman–Crippen MR) is 97.9 cm³/mol. The monoisotopic (exact) mass is 357 g/mol. The van der Waals surface area contributed by atoms with E-state index in [0.717, 1.165) is 6.42 Å². The zero-order valence-corrected chi connectivity index (χ0v) is 15.0. The highest BCUT2D eigenvalue weighted by molar-refractivity contribution is 6.30. The van der Waals surface area contributed by atoms with E-state index in [1.54, 1.807) is 54.3 Å². The maximum Gasteiger partial charge on any atom is 0.264 e. The Morgan fingerprint density at radius 1 is 1.20 bits per heavy atom. The van der Waals surface area contributed by atoms with Gasteiger partial charge in [0, 0.05) is 22.7 Å². The summed E-state index contributed by atoms with van der Waals surface area (Å²) < 4.78 is 0. The number of benzene rings is 2. The van der Waals surface area contributed by atoms with Crippen LogP contribution in [0.2, 0.25) is 5.02 Å². The minimum atomic E-state index is -1.86. The van der Waals surface area contributed by atoms with Crippen LogP contribution in [0.1, 0.15) is 36.2 Å². The summed E-state index contributed by atoms with van der Waals surface area (Å²) in [5, 5.41) is 11.9. The molecular formula is C20H20ClNO3. The first-order chi connectivity index (χ1) is 11.9. The molecule has 4 nitrogen and oxygen atoms in total. The zero-order chi connectivity index (χ0) is 18.2. The number of hydrogen-bond acceptors (Lipinski definition) is 3. The molecule has 2 aromatic carbocycles. The van der Waals surface area contributed by atoms with Crippen molar-refractivity contribution in [2.75, 3.05) is 11.4 Å². The van der Waals surface area contributed by atoms with E-state index in [0.29, 0.717) is 28.4 Å². The van der Waals surface area contributed by atoms with E-state index in [1.165, 1.54) is 0 Å². The van der Waals surface area contributed by atoms with Gasteiger partial charge < -0.3 is 10.0 Å². The van der Waals surface area contributed by atoms with Gasteiger partial charge >= 0.3 is 0 Å². The molecule has 5 heteroatoms. The average molecular weight is 358 g/mol. The molecule has 0 aromatic heterocycles. The van der Waals surface area contributed by atoms with Gasteiger partial charge in [0.15, 0.2) is 11.4 Å². The average Bonchev–Trinajstić information content (AvgIpc) is 2.84. The molecule has 1 N–H and O–H groups in total. The normalized spacial score (nSPS) is 20.5. The molecule has 0 spiro atoms. The van der Waals surface area contributed by atoms with Crippen molar-refractivity contribution in [1.29, 1.82) is 0 Å². The molecule has 0 bridgehead atoms. The van der Waals surface area contributed by atoms with Crippen molar-refractivity contribution in [3.05, 3.63) is 64.7 Å². The highest BCUT2D eigenvalue weighted by Crippen LogP contribution is 2.45. The van der Waals surface area contributed by atoms with E-state index in [4.69, 9.17) is 11.6 Å². The summed E-state index contributed by atoms with van der Waals surface area (Å²) in [4.78, 5) is 27.5. The first kappa shape index (κ1) is 17.6. The lowest BCUT2D eigenvalue weighted by Gasteiger charge is -2.28. The van der Waals surface area contributed by atoms with E-state index in [9.17, 15) is 14.7 Å². The molecule has 2 atom stereocenters. The number of para-hydroxylation sites is 1. The number of carbonyl (C=O) groups excluding carboxylic acids is 2. The highest BCUT2D eigenvalue weighted by Gasteiger charge is 2.54. The van der Waals surface area contributed by atoms with E-state index in [2.05, 4.69) is 0 Å². The van der Waals surface area contributed by atoms with Crippen molar-refractivity contribution < 1.29 is 14.7 Å². The molecule has 1 heterocycles. The van der Waals surface area contributed by atoms with Crippen LogP contribution in [-0.2, 0) is 10.4 Å². The Morgan fingerprint density at radius 3 is 2.48 bits per heavy atom. The molecule has 1 amide bonds. The fraction of sp³-hybridized carbons (Fsp3) is 0.300. The van der Waals surface area contributed by atoms with Crippen LogP contribution in [0.4, 0.5) is 5.69 Å². The van der Waals surface area contributed by atoms with Crippen molar-refractivity contribution >= 4 is 29.0 Å². The summed E-state index contributed by atoms with van der Waals surface area (Å²) in [7, 11) is 0. The summed E-state index contributed by atoms with van der Waals surface area (Å²) >= 11 is 5.87. The first-order valence-corrected chi connectivity index (χ1v) is 8.72. The molecule has 0 fully saturated rings. The quantitative estimate of drug-likeness (QED) is 0.828. The van der Waals surface area contributed by atoms with Crippen LogP contribution in [0.15, 0.2) is 48.5 Å². The Balaban J connectivity index is 2.03. The maximum atomic E-state index is 13.0. The van der Waals surface area contributed by atoms with Gasteiger partial charge in [-0.2, -0.15) is 0 Å². The third-order valence-corrected chi connectivity index (χ3v) is 5.02. The molecule has 1 aliphatic rings. The Morgan fingerprint density at radius 2 is 1.84 bits per heavy atom. The van der Waals surface area contributed by atoms with Crippen LogP contribution in [0, 0.1) is 5.92 Å². The number of hydrogen-bond donors (Lipinski definition) is 1. The van der Waals surface area contributed by atoms with Crippen molar-refractivity contribution in [3.8, 4) is 0 Å². The number of ketones is 1. The Kier molecular flexibility index (Phi) is 4.67. The Hall–Kier alpha value is -2.17. The van der Waals surface area contributed by atoms with E-state index in [1.807, 2.05) is 13.0 Å². The SMILES string of the molecule is CCCN1C(=O)[C@](O)([C@@H](C)C(=O)c2ccc(Cl)cc2)c2ccccc21. The molecule has 25 heavy (non-hydrogen) atoms. The molecule has 3 rings (SSSR count). The lowest BCUT2D eigenvalue weighted by molar-refractivity contribution is -0.139. The molecule has 0 aliphatic carbocycles. The number of anilines is 1. The largest absolute Gasteiger partial charge is 0.375 e. The third kappa shape index (κ3) is 2.75. The number of amides is 1. The number of carbonyl (C=O) groups is 2. The van der Waals surface area contributed by atoms with Crippen LogP contribution < -0.4 is 4.90 Å². The zero-order valence-electron chi connectivity index (χ0n) is 14.2. The third-order valence-electron chi connectivity index (χ3n) is 4.77. The number of nitrogens with zero attached hydrogens (tertiary/aromatic N) is 1. The van der Waals surface area contributed by atoms with Gasteiger partial charge in [0.1, 0.15) is 0 Å². The maximum absolute atomic E-state index is 13.0. The van der Waals surface area contributed by atoms with Gasteiger partial charge in [-0.1, -0.05) is 43.6 Å². The predicted octanol–water partition coefficient (Wildman–Crippen LogP) is 3.80. The van der Waals surface area contributed by atoms with E-state index >= 15 is 0 Å². The van der Waals surface area contributed by atoms with Crippen LogP contribution in [-0.4, -0.2) is 23.3 Å². The van der Waals surface area contributed by atoms with Crippen molar-refractivity contribution in [2.24, 2.45) is 5.92 Å². The minimum absolute atomic E-state index is 0.291. The van der Waals surface area contributed by atoms with Crippen LogP contribution >= 0.6 is 11.6 Å². The molecule has 2 aromatic rings. The van der Waals surface area contributed by atoms with Crippen molar-refractivity contribution in [1.82, 2.24) is 0 Å². The lowest BCUT2D eigenvalue weighted by Crippen LogP contribution is -2.47. The molecule has 0 radical (unpaired) electrons. The summed E-state index contributed by atoms with van der Waals surface area (Å²) in [6.07, 6.45) is 0.760. The fourth-order valence-corrected chi connectivity index (χ4v) is 3.51. The second-order valence-electron chi connectivity index (χ2n) is 6.33. The number of Topliss-reactive ketones (excluding diaryl/α,β-unsaturated/α-hetero) is 1. The van der Waals surface area contributed by atoms with Crippen molar-refractivity contribution in [3.63, 3.8) is 0 Å². The van der Waals surface area contributed by atoms with Gasteiger partial charge in [-0.05, 0) is 36.8 Å². The smallest absolute Gasteiger partial charge is 0.264 e. The number of rotatable bonds is 5. The molecule has 0 saturated heterocycles. The van der Waals surface area contributed by atoms with Crippen molar-refractivity contribution in [2.45, 2.75) is 25.9 Å². The molecule has 130 valence electrons. The van der Waals surface area contributed by atoms with Gasteiger partial charge in [-0.15, -0.1) is 0 Å². The van der Waals surface area contributed by atoms with Gasteiger partial charge in [-0.25, -0.2) is 0 Å². The first-order valence-electron chi connectivity index (χ1n) is 8.34. The summed E-state index contributed by atoms with van der Waals surface area (Å²) in [6, 6.07) is 13.6. The standard InChI is InChI=1S/C20H20ClNO3/c1-3-12-22-17-7-5-4-6-16(17)20(25,19(22)24)13(2)18(23)14-8-10-15(21)11-9-14/h4-11,13,25H,3,12H2,1-2H3/t13-,20-/m0/s1. The second-order valence-corrected chi connectivity index (χ2v) is 6.77. The molecular weight excluding hydrogens is 338 g/mol. The molecule has 1 aliphatic heterocycles. The number of halogens is 1. The summed E-state index contributed by atoms with van der Waals surface area (Å²) in [5.41, 5.74) is -0.275. The van der Waals surface area contributed by atoms with Crippen LogP contribution in [0.3, 0.4) is 0 Å². The molecule has 0 saturated carbocycles. The van der Waals surface area contributed by atoms with Gasteiger partial charge in [0.2, 0.25) is 0 Å². The van der Waals surface area contributed by atoms with E-state index < -0.39 is 17.4 Å². The number of fused-ring (bicyclic) bond motifs is 1. The van der Waals surface area contributed by atoms with Crippen LogP contribution in [0.25, 0.3) is 0 Å². The summed E-state index contributed by atoms with van der Waals surface area (Å²) in [5.74, 6) is -1.64. The van der Waals surface area contributed by atoms with Gasteiger partial charge in [0.25, 0.3) is 5.91 Å². The van der Waals surface area contributed by atoms with E-state index in [-0.39, 0.29) is 5.78 Å². The van der Waals surface area contributed by atoms with Gasteiger partial charge in [0.05, 0.1) is 11.6 Å². The van der Waals surface area contributed by atoms with Crippen LogP contribution in [0.5, 0.6) is 0 Å². The lowest BCUT2D eigenvalue weighted by atomic mass is 9.79. The topological polar surface area (TPSA) is 57.6 Å². The van der Waals surface area contributed by atoms with Gasteiger partial charge in [-0.3, -0.25) is 9.59 Å². The Bertz CT molecular complexity index is 818. The Labute approximate surface area is 152 Å². The number of aliphatic hydroxyl groups is 1. The minimum Gasteiger partial charge on any atom is -0.375 e. The highest BCUT2D eigenvalue weighted by atomic mass is 35.5. The second kappa shape index (κ2) is 6.62. The molecule has 0 unspecified atom stereocenters. The fourth-order valence-electron chi connectivity index (χ4n) is 3.38. The summed E-state index contributed by atoms with van der Waals surface area (Å²) in [6.45, 7) is 4.07.